The number of nitrogens with zero attached hydrogens (tertiary/aromatic N) is 1. The van der Waals surface area contributed by atoms with Crippen LogP contribution < -0.4 is 0 Å². The maximum atomic E-state index is 9.41. The zero-order chi connectivity index (χ0) is 9.97. The van der Waals surface area contributed by atoms with Gasteiger partial charge in [-0.3, -0.25) is 0 Å². The number of aliphatic hydroxyl groups excluding tert-OH is 2. The fraction of sp³-hybridized carbons (Fsp3) is 1.00. The van der Waals surface area contributed by atoms with Crippen LogP contribution in [0.4, 0.5) is 0 Å². The van der Waals surface area contributed by atoms with Crippen LogP contribution in [0.2, 0.25) is 0 Å². The fourth-order valence-corrected chi connectivity index (χ4v) is 2.77. The first-order valence-corrected chi connectivity index (χ1v) is 5.82. The second-order valence-electron chi connectivity index (χ2n) is 4.79. The molecule has 1 unspecified atom stereocenters. The summed E-state index contributed by atoms with van der Waals surface area (Å²) in [5.74, 6) is 0.502. The third-order valence-electron chi connectivity index (χ3n) is 3.76. The minimum absolute atomic E-state index is 0.0532. The molecular formula is C11H21NO2. The van der Waals surface area contributed by atoms with Gasteiger partial charge in [-0.25, -0.2) is 0 Å². The van der Waals surface area contributed by atoms with Gasteiger partial charge in [0.15, 0.2) is 0 Å². The van der Waals surface area contributed by atoms with Gasteiger partial charge in [0, 0.05) is 19.2 Å². The van der Waals surface area contributed by atoms with Crippen molar-refractivity contribution < 1.29 is 10.2 Å². The van der Waals surface area contributed by atoms with Crippen molar-refractivity contribution in [2.24, 2.45) is 5.92 Å². The van der Waals surface area contributed by atoms with E-state index in [1.54, 1.807) is 0 Å². The molecule has 0 amide bonds. The molecule has 3 heteroatoms. The van der Waals surface area contributed by atoms with Crippen molar-refractivity contribution in [1.82, 2.24) is 4.90 Å². The van der Waals surface area contributed by atoms with E-state index in [1.807, 2.05) is 0 Å². The Morgan fingerprint density at radius 2 is 1.79 bits per heavy atom. The van der Waals surface area contributed by atoms with Gasteiger partial charge in [0.1, 0.15) is 0 Å². The molecule has 0 spiro atoms. The summed E-state index contributed by atoms with van der Waals surface area (Å²) in [4.78, 5) is 2.51. The molecule has 1 aliphatic carbocycles. The monoisotopic (exact) mass is 199 g/mol. The quantitative estimate of drug-likeness (QED) is 0.684. The summed E-state index contributed by atoms with van der Waals surface area (Å²) in [7, 11) is 0. The lowest BCUT2D eigenvalue weighted by molar-refractivity contribution is 0.0805. The summed E-state index contributed by atoms with van der Waals surface area (Å²) in [5.41, 5.74) is 0. The summed E-state index contributed by atoms with van der Waals surface area (Å²) < 4.78 is 0. The maximum Gasteiger partial charge on any atom is 0.0541 e. The zero-order valence-corrected chi connectivity index (χ0v) is 8.73. The highest BCUT2D eigenvalue weighted by atomic mass is 16.3. The summed E-state index contributed by atoms with van der Waals surface area (Å²) in [6.07, 6.45) is 5.30. The fourth-order valence-electron chi connectivity index (χ4n) is 2.77. The molecule has 3 nitrogen and oxygen atoms in total. The molecule has 82 valence electrons. The highest BCUT2D eigenvalue weighted by Crippen LogP contribution is 2.27. The molecular weight excluding hydrogens is 178 g/mol. The lowest BCUT2D eigenvalue weighted by atomic mass is 9.92. The number of likely N-dealkylation sites (tertiary alicyclic amines) is 1. The van der Waals surface area contributed by atoms with Gasteiger partial charge in [-0.05, 0) is 44.6 Å². The van der Waals surface area contributed by atoms with Crippen LogP contribution in [-0.4, -0.2) is 47.0 Å². The molecule has 0 aromatic heterocycles. The van der Waals surface area contributed by atoms with Crippen LogP contribution in [0, 0.1) is 5.92 Å². The molecule has 2 rings (SSSR count). The molecule has 1 saturated heterocycles. The van der Waals surface area contributed by atoms with Crippen LogP contribution in [0.15, 0.2) is 0 Å². The van der Waals surface area contributed by atoms with Crippen molar-refractivity contribution in [3.63, 3.8) is 0 Å². The molecule has 1 heterocycles. The first-order valence-electron chi connectivity index (χ1n) is 5.82. The van der Waals surface area contributed by atoms with E-state index < -0.39 is 0 Å². The predicted octanol–water partition coefficient (Wildman–Crippen LogP) is 0.604. The third-order valence-corrected chi connectivity index (χ3v) is 3.76. The highest BCUT2D eigenvalue weighted by Gasteiger charge is 2.30. The molecule has 1 saturated carbocycles. The van der Waals surface area contributed by atoms with Crippen molar-refractivity contribution >= 4 is 0 Å². The number of rotatable bonds is 2. The van der Waals surface area contributed by atoms with Gasteiger partial charge in [-0.15, -0.1) is 0 Å². The number of aliphatic hydroxyl groups is 2. The van der Waals surface area contributed by atoms with Gasteiger partial charge >= 0.3 is 0 Å². The minimum Gasteiger partial charge on any atom is -0.396 e. The highest BCUT2D eigenvalue weighted by molar-refractivity contribution is 4.84. The van der Waals surface area contributed by atoms with E-state index in [0.29, 0.717) is 18.6 Å². The van der Waals surface area contributed by atoms with Gasteiger partial charge in [0.25, 0.3) is 0 Å². The standard InChI is InChI=1S/C11H21NO2/c13-8-9-5-6-12(7-9)10-1-3-11(14)4-2-10/h9-11,13-14H,1-8H2. The van der Waals surface area contributed by atoms with Crippen LogP contribution >= 0.6 is 0 Å². The lowest BCUT2D eigenvalue weighted by Crippen LogP contribution is -2.37. The maximum absolute atomic E-state index is 9.41. The van der Waals surface area contributed by atoms with Crippen molar-refractivity contribution in [2.75, 3.05) is 19.7 Å². The van der Waals surface area contributed by atoms with Crippen LogP contribution in [0.3, 0.4) is 0 Å². The summed E-state index contributed by atoms with van der Waals surface area (Å²) in [6.45, 7) is 2.55. The van der Waals surface area contributed by atoms with Gasteiger partial charge < -0.3 is 15.1 Å². The Morgan fingerprint density at radius 1 is 1.07 bits per heavy atom. The zero-order valence-electron chi connectivity index (χ0n) is 8.73. The number of hydrogen-bond acceptors (Lipinski definition) is 3. The van der Waals surface area contributed by atoms with Crippen LogP contribution in [0.5, 0.6) is 0 Å². The molecule has 0 aromatic carbocycles. The van der Waals surface area contributed by atoms with E-state index in [1.165, 1.54) is 0 Å². The molecule has 2 fully saturated rings. The van der Waals surface area contributed by atoms with Crippen LogP contribution in [0.1, 0.15) is 32.1 Å². The average molecular weight is 199 g/mol. The summed E-state index contributed by atoms with van der Waals surface area (Å²) in [6, 6.07) is 0.676. The summed E-state index contributed by atoms with van der Waals surface area (Å²) in [5, 5.41) is 18.5. The topological polar surface area (TPSA) is 43.7 Å². The molecule has 2 N–H and O–H groups in total. The predicted molar refractivity (Wildman–Crippen MR) is 55.0 cm³/mol. The van der Waals surface area contributed by atoms with Crippen molar-refractivity contribution in [3.8, 4) is 0 Å². The van der Waals surface area contributed by atoms with Crippen molar-refractivity contribution in [1.29, 1.82) is 0 Å². The molecule has 2 aliphatic rings. The van der Waals surface area contributed by atoms with E-state index in [2.05, 4.69) is 4.90 Å². The Balaban J connectivity index is 1.79. The Labute approximate surface area is 85.7 Å². The normalized spacial score (nSPS) is 40.3. The molecule has 0 radical (unpaired) electrons. The van der Waals surface area contributed by atoms with E-state index >= 15 is 0 Å². The lowest BCUT2D eigenvalue weighted by Gasteiger charge is -2.32. The second kappa shape index (κ2) is 4.60. The smallest absolute Gasteiger partial charge is 0.0541 e. The van der Waals surface area contributed by atoms with Crippen LogP contribution in [0.25, 0.3) is 0 Å². The van der Waals surface area contributed by atoms with Gasteiger partial charge in [-0.1, -0.05) is 0 Å². The largest absolute Gasteiger partial charge is 0.396 e. The SMILES string of the molecule is OCC1CCN(C2CCC(O)CC2)C1. The molecule has 0 bridgehead atoms. The van der Waals surface area contributed by atoms with E-state index in [-0.39, 0.29) is 6.10 Å². The van der Waals surface area contributed by atoms with Gasteiger partial charge in [0.05, 0.1) is 6.10 Å². The van der Waals surface area contributed by atoms with Crippen LogP contribution in [-0.2, 0) is 0 Å². The van der Waals surface area contributed by atoms with Crippen molar-refractivity contribution in [2.45, 2.75) is 44.2 Å². The first kappa shape index (κ1) is 10.4. The van der Waals surface area contributed by atoms with E-state index in [9.17, 15) is 5.11 Å². The first-order chi connectivity index (χ1) is 6.79. The van der Waals surface area contributed by atoms with Crippen molar-refractivity contribution in [3.05, 3.63) is 0 Å². The Hall–Kier alpha value is -0.120. The van der Waals surface area contributed by atoms with E-state index in [0.717, 1.165) is 45.2 Å². The molecule has 0 aromatic rings. The third kappa shape index (κ3) is 2.27. The molecule has 1 atom stereocenters. The Kier molecular flexibility index (Phi) is 3.42. The summed E-state index contributed by atoms with van der Waals surface area (Å²) >= 11 is 0. The van der Waals surface area contributed by atoms with Gasteiger partial charge in [-0.2, -0.15) is 0 Å². The van der Waals surface area contributed by atoms with Gasteiger partial charge in [0.2, 0.25) is 0 Å². The Morgan fingerprint density at radius 3 is 2.36 bits per heavy atom. The number of hydrogen-bond donors (Lipinski definition) is 2. The second-order valence-corrected chi connectivity index (χ2v) is 4.79. The van der Waals surface area contributed by atoms with E-state index in [4.69, 9.17) is 5.11 Å². The Bertz CT molecular complexity index is 178. The minimum atomic E-state index is -0.0532. The average Bonchev–Trinajstić information content (AvgIpc) is 2.67. The molecule has 1 aliphatic heterocycles. The molecule has 14 heavy (non-hydrogen) atoms.